The highest BCUT2D eigenvalue weighted by Gasteiger charge is 2.17. The summed E-state index contributed by atoms with van der Waals surface area (Å²) in [5, 5.41) is 0. The summed E-state index contributed by atoms with van der Waals surface area (Å²) < 4.78 is 0. The van der Waals surface area contributed by atoms with Crippen LogP contribution in [-0.4, -0.2) is 31.2 Å². The molecule has 1 atom stereocenters. The summed E-state index contributed by atoms with van der Waals surface area (Å²) in [6, 6.07) is 0.148. The molecule has 0 aromatic carbocycles. The topological polar surface area (TPSA) is 20.3 Å². The zero-order valence-electron chi connectivity index (χ0n) is 8.76. The van der Waals surface area contributed by atoms with E-state index < -0.39 is 0 Å². The van der Waals surface area contributed by atoms with Crippen molar-refractivity contribution in [3.05, 3.63) is 0 Å². The van der Waals surface area contributed by atoms with Crippen LogP contribution in [0.25, 0.3) is 0 Å². The molecule has 70 valence electrons. The molecule has 3 heteroatoms. The average molecular weight is 169 g/mol. The molecule has 0 aromatic rings. The van der Waals surface area contributed by atoms with E-state index >= 15 is 0 Å². The van der Waals surface area contributed by atoms with Crippen LogP contribution in [0.5, 0.6) is 0 Å². The first-order valence-corrected chi connectivity index (χ1v) is 4.90. The third-order valence-corrected chi connectivity index (χ3v) is 2.22. The second-order valence-electron chi connectivity index (χ2n) is 3.22. The smallest absolute Gasteiger partial charge is 0.186 e. The molecule has 2 nitrogen and oxygen atoms in total. The molecule has 0 rings (SSSR count). The third kappa shape index (κ3) is 3.39. The van der Waals surface area contributed by atoms with Gasteiger partial charge in [-0.15, -0.1) is 0 Å². The van der Waals surface area contributed by atoms with E-state index in [2.05, 4.69) is 18.7 Å². The molecular formula is C9H20BNO. The largest absolute Gasteiger partial charge is 0.340 e. The molecule has 0 radical (unpaired) electrons. The summed E-state index contributed by atoms with van der Waals surface area (Å²) in [4.78, 5) is 13.6. The summed E-state index contributed by atoms with van der Waals surface area (Å²) in [6.07, 6.45) is 2.71. The fourth-order valence-electron chi connectivity index (χ4n) is 1.53. The number of carbonyl (C=O) groups is 1. The number of hydrogen-bond acceptors (Lipinski definition) is 2. The zero-order chi connectivity index (χ0) is 9.56. The molecule has 0 fully saturated rings. The molecule has 0 aliphatic carbocycles. The van der Waals surface area contributed by atoms with Crippen molar-refractivity contribution in [3.63, 3.8) is 0 Å². The van der Waals surface area contributed by atoms with Crippen LogP contribution in [0, 0.1) is 0 Å². The Morgan fingerprint density at radius 2 is 2.00 bits per heavy atom. The lowest BCUT2D eigenvalue weighted by molar-refractivity contribution is -0.122. The van der Waals surface area contributed by atoms with Crippen molar-refractivity contribution in [2.24, 2.45) is 0 Å². The van der Waals surface area contributed by atoms with E-state index in [1.165, 1.54) is 0 Å². The van der Waals surface area contributed by atoms with Gasteiger partial charge in [0.25, 0.3) is 0 Å². The van der Waals surface area contributed by atoms with Gasteiger partial charge in [0, 0.05) is 6.42 Å². The number of Topliss-reactive ketones (excluding diaryl/α,β-unsaturated/α-hetero) is 1. The molecule has 0 aliphatic heterocycles. The first kappa shape index (κ1) is 11.7. The highest BCUT2D eigenvalue weighted by Crippen LogP contribution is 2.05. The average Bonchev–Trinajstić information content (AvgIpc) is 2.06. The first-order valence-electron chi connectivity index (χ1n) is 4.90. The van der Waals surface area contributed by atoms with Gasteiger partial charge in [-0.2, -0.15) is 0 Å². The maximum atomic E-state index is 11.4. The van der Waals surface area contributed by atoms with Crippen molar-refractivity contribution in [1.82, 2.24) is 4.81 Å². The van der Waals surface area contributed by atoms with Crippen LogP contribution in [0.15, 0.2) is 0 Å². The van der Waals surface area contributed by atoms with Crippen LogP contribution in [0.4, 0.5) is 0 Å². The summed E-state index contributed by atoms with van der Waals surface area (Å²) in [5.74, 6) is 0.369. The van der Waals surface area contributed by atoms with Crippen molar-refractivity contribution >= 4 is 13.8 Å². The minimum Gasteiger partial charge on any atom is -0.340 e. The number of nitrogens with zero attached hydrogens (tertiary/aromatic N) is 1. The van der Waals surface area contributed by atoms with E-state index in [9.17, 15) is 4.79 Å². The van der Waals surface area contributed by atoms with Crippen molar-refractivity contribution in [1.29, 1.82) is 0 Å². The monoisotopic (exact) mass is 169 g/mol. The van der Waals surface area contributed by atoms with E-state index in [4.69, 9.17) is 0 Å². The van der Waals surface area contributed by atoms with Gasteiger partial charge in [-0.05, 0) is 19.4 Å². The van der Waals surface area contributed by atoms with Crippen molar-refractivity contribution in [3.8, 4) is 0 Å². The Kier molecular flexibility index (Phi) is 6.08. The Hall–Kier alpha value is -0.305. The van der Waals surface area contributed by atoms with Crippen LogP contribution < -0.4 is 0 Å². The van der Waals surface area contributed by atoms with Gasteiger partial charge in [-0.3, -0.25) is 4.79 Å². The molecule has 0 N–H and O–H groups in total. The van der Waals surface area contributed by atoms with Crippen molar-refractivity contribution in [2.45, 2.75) is 46.1 Å². The van der Waals surface area contributed by atoms with Crippen LogP contribution in [0.1, 0.15) is 40.0 Å². The van der Waals surface area contributed by atoms with Gasteiger partial charge >= 0.3 is 0 Å². The van der Waals surface area contributed by atoms with E-state index in [1.807, 2.05) is 14.9 Å². The molecule has 0 spiro atoms. The number of rotatable bonds is 6. The molecule has 12 heavy (non-hydrogen) atoms. The lowest BCUT2D eigenvalue weighted by atomic mass is 10.0. The first-order chi connectivity index (χ1) is 5.67. The molecular weight excluding hydrogens is 149 g/mol. The predicted molar refractivity (Wildman–Crippen MR) is 54.9 cm³/mol. The summed E-state index contributed by atoms with van der Waals surface area (Å²) in [6.45, 7) is 7.17. The van der Waals surface area contributed by atoms with Gasteiger partial charge in [-0.25, -0.2) is 0 Å². The van der Waals surface area contributed by atoms with Crippen molar-refractivity contribution < 1.29 is 4.79 Å². The van der Waals surface area contributed by atoms with Gasteiger partial charge in [0.15, 0.2) is 7.98 Å². The molecule has 1 unspecified atom stereocenters. The Labute approximate surface area is 76.8 Å². The fourth-order valence-corrected chi connectivity index (χ4v) is 1.53. The Morgan fingerprint density at radius 3 is 2.33 bits per heavy atom. The standard InChI is InChI=1S/C9H20BNO/c1-4-7-11(10)8(5-2)9(12)6-3/h8H,4-7,10H2,1-3H3. The SMILES string of the molecule is BN(CCC)C(CC)C(=O)CC. The highest BCUT2D eigenvalue weighted by molar-refractivity contribution is 6.06. The Morgan fingerprint density at radius 1 is 1.42 bits per heavy atom. The van der Waals surface area contributed by atoms with Crippen molar-refractivity contribution in [2.75, 3.05) is 6.54 Å². The van der Waals surface area contributed by atoms with E-state index in [0.29, 0.717) is 12.2 Å². The maximum absolute atomic E-state index is 11.4. The van der Waals surface area contributed by atoms with Gasteiger partial charge in [0.2, 0.25) is 0 Å². The zero-order valence-corrected chi connectivity index (χ0v) is 8.76. The Bertz CT molecular complexity index is 138. The van der Waals surface area contributed by atoms with Crippen LogP contribution in [0.2, 0.25) is 0 Å². The van der Waals surface area contributed by atoms with E-state index in [0.717, 1.165) is 19.4 Å². The molecule has 0 saturated carbocycles. The molecule has 0 saturated heterocycles. The number of hydrogen-bond donors (Lipinski definition) is 0. The third-order valence-electron chi connectivity index (χ3n) is 2.22. The van der Waals surface area contributed by atoms with Crippen LogP contribution in [0.3, 0.4) is 0 Å². The van der Waals surface area contributed by atoms with Gasteiger partial charge in [0.05, 0.1) is 6.04 Å². The summed E-state index contributed by atoms with van der Waals surface area (Å²) >= 11 is 0. The minimum absolute atomic E-state index is 0.148. The van der Waals surface area contributed by atoms with Gasteiger partial charge in [-0.1, -0.05) is 20.8 Å². The second kappa shape index (κ2) is 6.24. The van der Waals surface area contributed by atoms with E-state index in [1.54, 1.807) is 0 Å². The molecule has 0 amide bonds. The Balaban J connectivity index is 4.03. The summed E-state index contributed by atoms with van der Waals surface area (Å²) in [5.41, 5.74) is 0. The number of carbonyl (C=O) groups excluding carboxylic acids is 1. The fraction of sp³-hybridized carbons (Fsp3) is 0.889. The highest BCUT2D eigenvalue weighted by atomic mass is 16.1. The molecule has 0 aliphatic rings. The maximum Gasteiger partial charge on any atom is 0.186 e. The molecule has 0 aromatic heterocycles. The molecule has 0 heterocycles. The normalized spacial score (nSPS) is 13.3. The van der Waals surface area contributed by atoms with Crippen LogP contribution >= 0.6 is 0 Å². The lowest BCUT2D eigenvalue weighted by Crippen LogP contribution is -2.39. The van der Waals surface area contributed by atoms with Crippen LogP contribution in [-0.2, 0) is 4.79 Å². The minimum atomic E-state index is 0.148. The lowest BCUT2D eigenvalue weighted by Gasteiger charge is -2.25. The van der Waals surface area contributed by atoms with Gasteiger partial charge in [0.1, 0.15) is 5.78 Å². The summed E-state index contributed by atoms with van der Waals surface area (Å²) in [7, 11) is 2.03. The van der Waals surface area contributed by atoms with E-state index in [-0.39, 0.29) is 6.04 Å². The molecule has 0 bridgehead atoms. The quantitative estimate of drug-likeness (QED) is 0.553. The van der Waals surface area contributed by atoms with Gasteiger partial charge < -0.3 is 4.81 Å². The second-order valence-corrected chi connectivity index (χ2v) is 3.22. The number of ketones is 1. The predicted octanol–water partition coefficient (Wildman–Crippen LogP) is 1.00.